The quantitative estimate of drug-likeness (QED) is 0.567. The predicted octanol–water partition coefficient (Wildman–Crippen LogP) is 6.02. The van der Waals surface area contributed by atoms with Gasteiger partial charge in [0.2, 0.25) is 0 Å². The van der Waals surface area contributed by atoms with E-state index in [9.17, 15) is 5.11 Å². The van der Waals surface area contributed by atoms with Crippen molar-refractivity contribution in [3.63, 3.8) is 0 Å². The largest absolute Gasteiger partial charge is 0.396 e. The van der Waals surface area contributed by atoms with E-state index in [4.69, 9.17) is 4.99 Å². The fourth-order valence-corrected chi connectivity index (χ4v) is 5.10. The van der Waals surface area contributed by atoms with Gasteiger partial charge in [-0.2, -0.15) is 0 Å². The van der Waals surface area contributed by atoms with Crippen molar-refractivity contribution >= 4 is 5.71 Å². The van der Waals surface area contributed by atoms with Gasteiger partial charge < -0.3 is 5.11 Å². The van der Waals surface area contributed by atoms with Crippen LogP contribution < -0.4 is 0 Å². The van der Waals surface area contributed by atoms with Gasteiger partial charge in [0, 0.05) is 18.9 Å². The third kappa shape index (κ3) is 6.17. The molecule has 1 N–H and O–H groups in total. The molecular weight excluding hydrogens is 294 g/mol. The molecule has 2 aliphatic rings. The highest BCUT2D eigenvalue weighted by atomic mass is 16.3. The first kappa shape index (κ1) is 19.9. The van der Waals surface area contributed by atoms with E-state index in [1.807, 2.05) is 0 Å². The Morgan fingerprint density at radius 3 is 1.67 bits per heavy atom. The van der Waals surface area contributed by atoms with E-state index in [0.29, 0.717) is 0 Å². The molecule has 2 rings (SSSR count). The zero-order valence-corrected chi connectivity index (χ0v) is 16.7. The highest BCUT2D eigenvalue weighted by Crippen LogP contribution is 2.36. The normalized spacial score (nSPS) is 21.7. The monoisotopic (exact) mass is 335 g/mol. The minimum Gasteiger partial charge on any atom is -0.396 e. The van der Waals surface area contributed by atoms with E-state index in [0.717, 1.165) is 24.8 Å². The van der Waals surface area contributed by atoms with Gasteiger partial charge in [-0.25, -0.2) is 0 Å². The summed E-state index contributed by atoms with van der Waals surface area (Å²) in [5.41, 5.74) is 1.75. The summed E-state index contributed by atoms with van der Waals surface area (Å²) in [6, 6.07) is 0. The predicted molar refractivity (Wildman–Crippen MR) is 105 cm³/mol. The van der Waals surface area contributed by atoms with E-state index in [1.54, 1.807) is 5.71 Å². The SMILES string of the molecule is CC(C)(CO)CC(C)(C)CN=C(C1CCCCC1)C1CCCCC1. The second-order valence-corrected chi connectivity index (χ2v) is 10.1. The van der Waals surface area contributed by atoms with Gasteiger partial charge in [-0.05, 0) is 54.8 Å². The van der Waals surface area contributed by atoms with E-state index in [1.165, 1.54) is 64.2 Å². The van der Waals surface area contributed by atoms with Gasteiger partial charge in [-0.15, -0.1) is 0 Å². The van der Waals surface area contributed by atoms with Crippen LogP contribution in [0.4, 0.5) is 0 Å². The van der Waals surface area contributed by atoms with E-state index < -0.39 is 0 Å². The molecule has 0 aromatic rings. The van der Waals surface area contributed by atoms with Crippen molar-refractivity contribution in [2.24, 2.45) is 27.7 Å². The number of rotatable bonds is 7. The smallest absolute Gasteiger partial charge is 0.0482 e. The van der Waals surface area contributed by atoms with E-state index >= 15 is 0 Å². The molecular formula is C22H41NO. The Hall–Kier alpha value is -0.370. The maximum absolute atomic E-state index is 9.61. The summed E-state index contributed by atoms with van der Waals surface area (Å²) in [7, 11) is 0. The Labute approximate surface area is 150 Å². The molecule has 0 unspecified atom stereocenters. The number of hydrogen-bond donors (Lipinski definition) is 1. The van der Waals surface area contributed by atoms with Crippen molar-refractivity contribution in [2.45, 2.75) is 98.3 Å². The van der Waals surface area contributed by atoms with Crippen molar-refractivity contribution in [1.29, 1.82) is 0 Å². The summed E-state index contributed by atoms with van der Waals surface area (Å²) >= 11 is 0. The van der Waals surface area contributed by atoms with Gasteiger partial charge in [-0.3, -0.25) is 4.99 Å². The standard InChI is InChI=1S/C22H41NO/c1-21(2,15-22(3,4)17-24)16-23-20(18-11-7-5-8-12-18)19-13-9-6-10-14-19/h18-19,24H,5-17H2,1-4H3. The van der Waals surface area contributed by atoms with Crippen LogP contribution in [-0.4, -0.2) is 24.0 Å². The van der Waals surface area contributed by atoms with Gasteiger partial charge in [0.05, 0.1) is 0 Å². The summed E-state index contributed by atoms with van der Waals surface area (Å²) in [4.78, 5) is 5.30. The Morgan fingerprint density at radius 1 is 0.792 bits per heavy atom. The Bertz CT molecular complexity index is 378. The average molecular weight is 336 g/mol. The zero-order chi connectivity index (χ0) is 17.6. The highest BCUT2D eigenvalue weighted by molar-refractivity contribution is 5.89. The van der Waals surface area contributed by atoms with Crippen molar-refractivity contribution < 1.29 is 5.11 Å². The van der Waals surface area contributed by atoms with Crippen LogP contribution in [0.3, 0.4) is 0 Å². The number of aliphatic hydroxyl groups is 1. The van der Waals surface area contributed by atoms with Gasteiger partial charge in [-0.1, -0.05) is 66.2 Å². The highest BCUT2D eigenvalue weighted by Gasteiger charge is 2.31. The molecule has 24 heavy (non-hydrogen) atoms. The lowest BCUT2D eigenvalue weighted by atomic mass is 9.74. The van der Waals surface area contributed by atoms with Crippen molar-refractivity contribution in [3.05, 3.63) is 0 Å². The molecule has 0 heterocycles. The van der Waals surface area contributed by atoms with Crippen LogP contribution in [0.25, 0.3) is 0 Å². The molecule has 0 spiro atoms. The van der Waals surface area contributed by atoms with Crippen LogP contribution in [0.1, 0.15) is 98.3 Å². The number of hydrogen-bond acceptors (Lipinski definition) is 2. The molecule has 2 nitrogen and oxygen atoms in total. The molecule has 140 valence electrons. The number of aliphatic imine (C=N–C) groups is 1. The molecule has 0 aliphatic heterocycles. The first-order valence-corrected chi connectivity index (χ1v) is 10.5. The fraction of sp³-hybridized carbons (Fsp3) is 0.955. The number of aliphatic hydroxyl groups excluding tert-OH is 1. The van der Waals surface area contributed by atoms with E-state index in [-0.39, 0.29) is 17.4 Å². The fourth-order valence-electron chi connectivity index (χ4n) is 5.10. The summed E-state index contributed by atoms with van der Waals surface area (Å²) in [5, 5.41) is 9.61. The summed E-state index contributed by atoms with van der Waals surface area (Å²) < 4.78 is 0. The average Bonchev–Trinajstić information content (AvgIpc) is 2.56. The van der Waals surface area contributed by atoms with Crippen LogP contribution in [0, 0.1) is 22.7 Å². The van der Waals surface area contributed by atoms with Crippen molar-refractivity contribution in [3.8, 4) is 0 Å². The zero-order valence-electron chi connectivity index (χ0n) is 16.7. The Balaban J connectivity index is 2.08. The van der Waals surface area contributed by atoms with Crippen LogP contribution in [0.5, 0.6) is 0 Å². The minimum absolute atomic E-state index is 0.00510. The first-order chi connectivity index (χ1) is 11.3. The Kier molecular flexibility index (Phi) is 7.34. The maximum Gasteiger partial charge on any atom is 0.0482 e. The molecule has 2 fully saturated rings. The minimum atomic E-state index is -0.00510. The summed E-state index contributed by atoms with van der Waals surface area (Å²) in [5.74, 6) is 1.53. The molecule has 2 aliphatic carbocycles. The summed E-state index contributed by atoms with van der Waals surface area (Å²) in [6.07, 6.45) is 15.0. The molecule has 0 aromatic carbocycles. The van der Waals surface area contributed by atoms with Gasteiger partial charge >= 0.3 is 0 Å². The second kappa shape index (κ2) is 8.83. The third-order valence-electron chi connectivity index (χ3n) is 6.12. The summed E-state index contributed by atoms with van der Waals surface area (Å²) in [6.45, 7) is 10.2. The molecule has 0 bridgehead atoms. The topological polar surface area (TPSA) is 32.6 Å². The third-order valence-corrected chi connectivity index (χ3v) is 6.12. The lowest BCUT2D eigenvalue weighted by Crippen LogP contribution is -2.31. The number of nitrogens with zero attached hydrogens (tertiary/aromatic N) is 1. The van der Waals surface area contributed by atoms with Crippen LogP contribution in [0.2, 0.25) is 0 Å². The first-order valence-electron chi connectivity index (χ1n) is 10.5. The van der Waals surface area contributed by atoms with E-state index in [2.05, 4.69) is 27.7 Å². The van der Waals surface area contributed by atoms with Crippen molar-refractivity contribution in [1.82, 2.24) is 0 Å². The van der Waals surface area contributed by atoms with Gasteiger partial charge in [0.25, 0.3) is 0 Å². The maximum atomic E-state index is 9.61. The molecule has 0 radical (unpaired) electrons. The lowest BCUT2D eigenvalue weighted by Gasteiger charge is -2.35. The van der Waals surface area contributed by atoms with Crippen LogP contribution in [0.15, 0.2) is 4.99 Å². The lowest BCUT2D eigenvalue weighted by molar-refractivity contribution is 0.106. The van der Waals surface area contributed by atoms with Gasteiger partial charge in [0.15, 0.2) is 0 Å². The Morgan fingerprint density at radius 2 is 1.25 bits per heavy atom. The molecule has 0 atom stereocenters. The second-order valence-electron chi connectivity index (χ2n) is 10.1. The molecule has 2 heteroatoms. The van der Waals surface area contributed by atoms with Gasteiger partial charge in [0.1, 0.15) is 0 Å². The molecule has 0 saturated heterocycles. The molecule has 0 aromatic heterocycles. The van der Waals surface area contributed by atoms with Crippen LogP contribution in [-0.2, 0) is 0 Å². The van der Waals surface area contributed by atoms with Crippen molar-refractivity contribution in [2.75, 3.05) is 13.2 Å². The molecule has 2 saturated carbocycles. The van der Waals surface area contributed by atoms with Crippen LogP contribution >= 0.6 is 0 Å². The molecule has 0 amide bonds.